The number of aliphatic hydroxyl groups excluding tert-OH is 2. The molecule has 0 aromatic rings. The molecule has 5 unspecified atom stereocenters. The molecule has 0 radical (unpaired) electrons. The summed E-state index contributed by atoms with van der Waals surface area (Å²) in [6, 6.07) is 0. The lowest BCUT2D eigenvalue weighted by Gasteiger charge is -2.37. The predicted molar refractivity (Wildman–Crippen MR) is 117 cm³/mol. The number of rotatable bonds is 21. The van der Waals surface area contributed by atoms with Crippen molar-refractivity contribution in [2.24, 2.45) is 0 Å². The molecular weight excluding hydrogens is 372 g/mol. The Morgan fingerprint density at radius 2 is 1.00 bits per heavy atom. The summed E-state index contributed by atoms with van der Waals surface area (Å²) >= 11 is 0. The van der Waals surface area contributed by atoms with Crippen LogP contribution in [0.5, 0.6) is 0 Å². The lowest BCUT2D eigenvalue weighted by molar-refractivity contribution is -0.195. The number of aliphatic hydroxyl groups is 2. The molecule has 0 aliphatic rings. The van der Waals surface area contributed by atoms with E-state index in [1.54, 1.807) is 6.92 Å². The molecule has 0 heterocycles. The summed E-state index contributed by atoms with van der Waals surface area (Å²) < 4.78 is 23.9. The Morgan fingerprint density at radius 1 is 0.586 bits per heavy atom. The van der Waals surface area contributed by atoms with E-state index in [9.17, 15) is 10.2 Å². The summed E-state index contributed by atoms with van der Waals surface area (Å²) in [6.45, 7) is 12.5. The highest BCUT2D eigenvalue weighted by molar-refractivity contribution is 4.88. The molecule has 5 atom stereocenters. The Bertz CT molecular complexity index is 339. The highest BCUT2D eigenvalue weighted by atomic mass is 16.6. The second kappa shape index (κ2) is 19.7. The van der Waals surface area contributed by atoms with Crippen LogP contribution in [0.4, 0.5) is 0 Å². The standard InChI is InChI=1S/C23H48O6/c1-6-10-14-26-18-20(25)22(28-16-12-8-3)23(29-17-13-9-4)21(19(5)24)27-15-11-7-2/h19-25H,6-18H2,1-5H3. The predicted octanol–water partition coefficient (Wildman–Crippen LogP) is 4.10. The summed E-state index contributed by atoms with van der Waals surface area (Å²) in [5, 5.41) is 21.3. The number of hydrogen-bond donors (Lipinski definition) is 2. The molecule has 0 saturated carbocycles. The minimum absolute atomic E-state index is 0.186. The van der Waals surface area contributed by atoms with Gasteiger partial charge >= 0.3 is 0 Å². The molecule has 0 aromatic carbocycles. The number of hydrogen-bond acceptors (Lipinski definition) is 6. The van der Waals surface area contributed by atoms with Gasteiger partial charge in [0.2, 0.25) is 0 Å². The molecule has 0 aliphatic heterocycles. The van der Waals surface area contributed by atoms with Crippen molar-refractivity contribution in [1.82, 2.24) is 0 Å². The molecular formula is C23H48O6. The third-order valence-corrected chi connectivity index (χ3v) is 4.86. The van der Waals surface area contributed by atoms with Crippen LogP contribution < -0.4 is 0 Å². The van der Waals surface area contributed by atoms with Crippen molar-refractivity contribution >= 4 is 0 Å². The second-order valence-electron chi connectivity index (χ2n) is 7.80. The normalized spacial score (nSPS) is 17.1. The van der Waals surface area contributed by atoms with Crippen LogP contribution in [-0.2, 0) is 18.9 Å². The molecule has 0 amide bonds. The van der Waals surface area contributed by atoms with E-state index in [1.807, 2.05) is 0 Å². The van der Waals surface area contributed by atoms with E-state index in [-0.39, 0.29) is 6.61 Å². The average molecular weight is 421 g/mol. The van der Waals surface area contributed by atoms with Crippen LogP contribution >= 0.6 is 0 Å². The molecule has 0 aromatic heterocycles. The van der Waals surface area contributed by atoms with Crippen LogP contribution in [0.25, 0.3) is 0 Å². The molecule has 0 spiro atoms. The van der Waals surface area contributed by atoms with Crippen molar-refractivity contribution < 1.29 is 29.2 Å². The summed E-state index contributed by atoms with van der Waals surface area (Å²) in [7, 11) is 0. The first-order valence-electron chi connectivity index (χ1n) is 11.8. The Hall–Kier alpha value is -0.240. The van der Waals surface area contributed by atoms with Gasteiger partial charge in [0.15, 0.2) is 0 Å². The number of unbranched alkanes of at least 4 members (excludes halogenated alkanes) is 4. The van der Waals surface area contributed by atoms with E-state index >= 15 is 0 Å². The fraction of sp³-hybridized carbons (Fsp3) is 1.00. The highest BCUT2D eigenvalue weighted by Gasteiger charge is 2.39. The molecule has 6 heteroatoms. The minimum Gasteiger partial charge on any atom is -0.391 e. The maximum Gasteiger partial charge on any atom is 0.115 e. The first kappa shape index (κ1) is 28.8. The summed E-state index contributed by atoms with van der Waals surface area (Å²) in [5.74, 6) is 0. The topological polar surface area (TPSA) is 77.4 Å². The number of ether oxygens (including phenoxy) is 4. The zero-order valence-corrected chi connectivity index (χ0v) is 19.6. The maximum atomic E-state index is 10.9. The van der Waals surface area contributed by atoms with Crippen LogP contribution in [0.1, 0.15) is 86.0 Å². The van der Waals surface area contributed by atoms with Crippen molar-refractivity contribution in [2.45, 2.75) is 117 Å². The van der Waals surface area contributed by atoms with Crippen LogP contribution in [0, 0.1) is 0 Å². The van der Waals surface area contributed by atoms with Gasteiger partial charge in [-0.05, 0) is 32.6 Å². The van der Waals surface area contributed by atoms with Gasteiger partial charge in [-0.2, -0.15) is 0 Å². The van der Waals surface area contributed by atoms with Gasteiger partial charge in [-0.1, -0.05) is 53.4 Å². The van der Waals surface area contributed by atoms with Crippen molar-refractivity contribution in [2.75, 3.05) is 33.0 Å². The van der Waals surface area contributed by atoms with E-state index in [0.717, 1.165) is 51.4 Å². The second-order valence-corrected chi connectivity index (χ2v) is 7.80. The van der Waals surface area contributed by atoms with Crippen LogP contribution in [-0.4, -0.2) is 73.8 Å². The molecule has 29 heavy (non-hydrogen) atoms. The van der Waals surface area contributed by atoms with Gasteiger partial charge in [0, 0.05) is 26.4 Å². The smallest absolute Gasteiger partial charge is 0.115 e. The molecule has 176 valence electrons. The first-order valence-corrected chi connectivity index (χ1v) is 11.8. The van der Waals surface area contributed by atoms with Crippen LogP contribution in [0.15, 0.2) is 0 Å². The monoisotopic (exact) mass is 420 g/mol. The minimum atomic E-state index is -0.841. The molecule has 0 saturated heterocycles. The average Bonchev–Trinajstić information content (AvgIpc) is 2.70. The molecule has 0 aliphatic carbocycles. The lowest BCUT2D eigenvalue weighted by atomic mass is 9.99. The SMILES string of the molecule is CCCCOCC(O)C(OCCCC)C(OCCCC)C(OCCCC)C(C)O. The van der Waals surface area contributed by atoms with Gasteiger partial charge in [-0.3, -0.25) is 0 Å². The van der Waals surface area contributed by atoms with E-state index in [4.69, 9.17) is 18.9 Å². The van der Waals surface area contributed by atoms with Gasteiger partial charge in [-0.25, -0.2) is 0 Å². The zero-order valence-electron chi connectivity index (χ0n) is 19.6. The fourth-order valence-corrected chi connectivity index (χ4v) is 2.95. The summed E-state index contributed by atoms with van der Waals surface area (Å²) in [6.07, 6.45) is 4.45. The molecule has 6 nitrogen and oxygen atoms in total. The van der Waals surface area contributed by atoms with Gasteiger partial charge < -0.3 is 29.2 Å². The molecule has 0 fully saturated rings. The maximum absolute atomic E-state index is 10.9. The summed E-state index contributed by atoms with van der Waals surface area (Å²) in [5.41, 5.74) is 0. The zero-order chi connectivity index (χ0) is 21.9. The Labute approximate surface area is 179 Å². The van der Waals surface area contributed by atoms with E-state index in [2.05, 4.69) is 27.7 Å². The van der Waals surface area contributed by atoms with Gasteiger partial charge in [0.05, 0.1) is 12.7 Å². The largest absolute Gasteiger partial charge is 0.391 e. The Balaban J connectivity index is 5.33. The van der Waals surface area contributed by atoms with Gasteiger partial charge in [0.25, 0.3) is 0 Å². The van der Waals surface area contributed by atoms with E-state index in [1.165, 1.54) is 0 Å². The Morgan fingerprint density at radius 3 is 1.45 bits per heavy atom. The van der Waals surface area contributed by atoms with Gasteiger partial charge in [0.1, 0.15) is 24.4 Å². The highest BCUT2D eigenvalue weighted by Crippen LogP contribution is 2.21. The molecule has 2 N–H and O–H groups in total. The lowest BCUT2D eigenvalue weighted by Crippen LogP contribution is -2.53. The van der Waals surface area contributed by atoms with E-state index in [0.29, 0.717) is 26.4 Å². The first-order chi connectivity index (χ1) is 14.0. The van der Waals surface area contributed by atoms with Crippen molar-refractivity contribution in [3.63, 3.8) is 0 Å². The third kappa shape index (κ3) is 13.6. The van der Waals surface area contributed by atoms with E-state index < -0.39 is 30.5 Å². The third-order valence-electron chi connectivity index (χ3n) is 4.86. The van der Waals surface area contributed by atoms with Crippen molar-refractivity contribution in [1.29, 1.82) is 0 Å². The summed E-state index contributed by atoms with van der Waals surface area (Å²) in [4.78, 5) is 0. The molecule has 0 rings (SSSR count). The Kier molecular flexibility index (Phi) is 19.5. The van der Waals surface area contributed by atoms with Gasteiger partial charge in [-0.15, -0.1) is 0 Å². The quantitative estimate of drug-likeness (QED) is 0.272. The van der Waals surface area contributed by atoms with Crippen LogP contribution in [0.3, 0.4) is 0 Å². The fourth-order valence-electron chi connectivity index (χ4n) is 2.95. The van der Waals surface area contributed by atoms with Crippen LogP contribution in [0.2, 0.25) is 0 Å². The van der Waals surface area contributed by atoms with Crippen molar-refractivity contribution in [3.05, 3.63) is 0 Å². The van der Waals surface area contributed by atoms with Crippen molar-refractivity contribution in [3.8, 4) is 0 Å². The molecule has 0 bridgehead atoms.